The molecule has 6 nitrogen and oxygen atoms in total. The molecule has 0 aromatic carbocycles. The molecule has 6 rings (SSSR count). The van der Waals surface area contributed by atoms with E-state index in [-0.39, 0.29) is 10.3 Å². The Morgan fingerprint density at radius 1 is 1.18 bits per heavy atom. The van der Waals surface area contributed by atoms with E-state index in [1.807, 2.05) is 29.3 Å². The van der Waals surface area contributed by atoms with Crippen LogP contribution in [-0.2, 0) is 9.53 Å². The maximum atomic E-state index is 15.4. The summed E-state index contributed by atoms with van der Waals surface area (Å²) in [6, 6.07) is -0.525. The second-order valence-electron chi connectivity index (χ2n) is 10.6. The number of allylic oxidation sites excluding steroid dienone is 9. The number of ether oxygens (including phenoxy) is 1. The van der Waals surface area contributed by atoms with Crippen LogP contribution in [0.25, 0.3) is 0 Å². The highest BCUT2D eigenvalue weighted by Gasteiger charge is 2.60. The van der Waals surface area contributed by atoms with Crippen molar-refractivity contribution < 1.29 is 31.5 Å². The fraction of sp³-hybridized carbons (Fsp3) is 0.385. The summed E-state index contributed by atoms with van der Waals surface area (Å²) in [5.41, 5.74) is -0.415. The zero-order chi connectivity index (χ0) is 28.2. The van der Waals surface area contributed by atoms with Crippen molar-refractivity contribution in [1.29, 1.82) is 0 Å². The van der Waals surface area contributed by atoms with Gasteiger partial charge in [0, 0.05) is 69.0 Å². The topological polar surface area (TPSA) is 48.4 Å². The fourth-order valence-corrected chi connectivity index (χ4v) is 9.64. The molecule has 0 aromatic rings. The van der Waals surface area contributed by atoms with Crippen LogP contribution in [-0.4, -0.2) is 55.4 Å². The van der Waals surface area contributed by atoms with Crippen molar-refractivity contribution in [2.45, 2.75) is 38.6 Å². The van der Waals surface area contributed by atoms with E-state index in [1.165, 1.54) is 25.1 Å². The molecule has 5 heterocycles. The maximum Gasteiger partial charge on any atom is 0.431 e. The van der Waals surface area contributed by atoms with Gasteiger partial charge in [-0.3, -0.25) is 4.79 Å². The lowest BCUT2D eigenvalue weighted by molar-refractivity contribution is -0.106. The van der Waals surface area contributed by atoms with Crippen molar-refractivity contribution in [3.63, 3.8) is 0 Å². The standard InChI is InChI=1S/C26H23F5IN4O2P/c1-12-11-34(33-23(12)26(29,30)31)21-6-13(24(32)37)5-19-25(2,3)20-10-15(38-4)9-17-22-16(28)7-14(27)8-18(22)39(35(17)20)36(19)21/h5-10,12,18-19H,11H2,1-4H3. The van der Waals surface area contributed by atoms with Crippen LogP contribution in [0.4, 0.5) is 22.0 Å². The largest absolute Gasteiger partial charge is 0.497 e. The summed E-state index contributed by atoms with van der Waals surface area (Å²) in [6.45, 7) is 5.32. The van der Waals surface area contributed by atoms with Crippen molar-refractivity contribution in [2.24, 2.45) is 16.4 Å². The Bertz CT molecular complexity index is 1450. The van der Waals surface area contributed by atoms with Crippen LogP contribution in [0.1, 0.15) is 20.8 Å². The summed E-state index contributed by atoms with van der Waals surface area (Å²) in [5.74, 6) is -1.53. The van der Waals surface area contributed by atoms with Crippen LogP contribution in [0.3, 0.4) is 0 Å². The van der Waals surface area contributed by atoms with Gasteiger partial charge in [0.25, 0.3) is 0 Å². The summed E-state index contributed by atoms with van der Waals surface area (Å²) >= 11 is 1.66. The van der Waals surface area contributed by atoms with E-state index in [0.29, 0.717) is 28.4 Å². The molecule has 0 bridgehead atoms. The molecule has 39 heavy (non-hydrogen) atoms. The van der Waals surface area contributed by atoms with Gasteiger partial charge in [0.2, 0.25) is 3.79 Å². The monoisotopic (exact) mass is 676 g/mol. The van der Waals surface area contributed by atoms with Crippen LogP contribution in [0.15, 0.2) is 87.3 Å². The highest BCUT2D eigenvalue weighted by molar-refractivity contribution is 14.1. The number of hydrazone groups is 1. The number of rotatable bonds is 3. The van der Waals surface area contributed by atoms with Gasteiger partial charge < -0.3 is 14.1 Å². The van der Waals surface area contributed by atoms with Crippen LogP contribution in [0.5, 0.6) is 0 Å². The Hall–Kier alpha value is -2.47. The molecule has 4 atom stereocenters. The molecule has 0 radical (unpaired) electrons. The molecule has 0 saturated carbocycles. The van der Waals surface area contributed by atoms with Gasteiger partial charge in [-0.05, 0) is 18.2 Å². The van der Waals surface area contributed by atoms with Gasteiger partial charge in [0.15, 0.2) is 0 Å². The van der Waals surface area contributed by atoms with E-state index in [2.05, 4.69) is 5.10 Å². The molecule has 0 aromatic heterocycles. The molecule has 1 aliphatic carbocycles. The van der Waals surface area contributed by atoms with Crippen molar-refractivity contribution in [3.05, 3.63) is 82.2 Å². The maximum absolute atomic E-state index is 15.4. The van der Waals surface area contributed by atoms with Crippen molar-refractivity contribution in [1.82, 2.24) is 14.3 Å². The van der Waals surface area contributed by atoms with Gasteiger partial charge in [0.05, 0.1) is 31.1 Å². The van der Waals surface area contributed by atoms with Gasteiger partial charge in [-0.2, -0.15) is 18.3 Å². The highest BCUT2D eigenvalue weighted by atomic mass is 127. The van der Waals surface area contributed by atoms with Crippen molar-refractivity contribution >= 4 is 40.3 Å². The SMILES string of the molecule is COC1=CC2=C3C(F)=CC(F)=CC3P3N2C(=C1)C(C)(C)C1C=C(C(=O)I)C=C(N2CC(C)C(C(F)(F)F)=N2)N13. The Labute approximate surface area is 236 Å². The average Bonchev–Trinajstić information content (AvgIpc) is 3.39. The number of alkyl halides is 3. The summed E-state index contributed by atoms with van der Waals surface area (Å²) in [5, 5.41) is 5.26. The Morgan fingerprint density at radius 2 is 1.90 bits per heavy atom. The Kier molecular flexibility index (Phi) is 6.01. The lowest BCUT2D eigenvalue weighted by atomic mass is 9.77. The molecule has 0 amide bonds. The van der Waals surface area contributed by atoms with Crippen molar-refractivity contribution in [2.75, 3.05) is 13.7 Å². The molecular formula is C26H23F5IN4O2P. The first-order valence-electron chi connectivity index (χ1n) is 12.2. The van der Waals surface area contributed by atoms with Gasteiger partial charge in [-0.25, -0.2) is 13.8 Å². The van der Waals surface area contributed by atoms with Crippen LogP contribution < -0.4 is 0 Å². The summed E-state index contributed by atoms with van der Waals surface area (Å²) in [6.07, 6.45) is 4.48. The molecule has 13 heteroatoms. The average molecular weight is 676 g/mol. The first kappa shape index (κ1) is 26.7. The number of methoxy groups -OCH3 is 1. The highest BCUT2D eigenvalue weighted by Crippen LogP contribution is 2.73. The number of hydrogen-bond donors (Lipinski definition) is 0. The van der Waals surface area contributed by atoms with Crippen LogP contribution in [0.2, 0.25) is 0 Å². The molecule has 5 aliphatic heterocycles. The van der Waals surface area contributed by atoms with Crippen LogP contribution in [0, 0.1) is 11.3 Å². The minimum Gasteiger partial charge on any atom is -0.497 e. The predicted octanol–water partition coefficient (Wildman–Crippen LogP) is 6.71. The minimum absolute atomic E-state index is 0.0527. The second kappa shape index (κ2) is 8.76. The third kappa shape index (κ3) is 3.88. The molecule has 0 spiro atoms. The number of fused-ring (bicyclic) bond motifs is 4. The number of carbonyl (C=O) groups excluding carboxylic acids is 1. The van der Waals surface area contributed by atoms with E-state index < -0.39 is 54.8 Å². The Morgan fingerprint density at radius 3 is 2.51 bits per heavy atom. The van der Waals surface area contributed by atoms with Gasteiger partial charge in [-0.1, -0.05) is 20.8 Å². The summed E-state index contributed by atoms with van der Waals surface area (Å²) in [4.78, 5) is 12.6. The number of nitrogens with zero attached hydrogens (tertiary/aromatic N) is 4. The molecule has 1 saturated heterocycles. The minimum atomic E-state index is -4.62. The van der Waals surface area contributed by atoms with E-state index in [1.54, 1.807) is 40.8 Å². The predicted molar refractivity (Wildman–Crippen MR) is 145 cm³/mol. The lowest BCUT2D eigenvalue weighted by Gasteiger charge is -2.59. The second-order valence-corrected chi connectivity index (χ2v) is 13.6. The zero-order valence-electron chi connectivity index (χ0n) is 21.2. The van der Waals surface area contributed by atoms with Gasteiger partial charge >= 0.3 is 6.18 Å². The van der Waals surface area contributed by atoms with Crippen molar-refractivity contribution in [3.8, 4) is 0 Å². The third-order valence-corrected chi connectivity index (χ3v) is 11.0. The Balaban J connectivity index is 1.58. The quantitative estimate of drug-likeness (QED) is 0.144. The summed E-state index contributed by atoms with van der Waals surface area (Å²) < 4.78 is 80.6. The van der Waals surface area contributed by atoms with Gasteiger partial charge in [-0.15, -0.1) is 0 Å². The molecule has 6 aliphatic rings. The number of halogens is 6. The first-order chi connectivity index (χ1) is 18.2. The number of carbonyl (C=O) groups is 1. The molecule has 206 valence electrons. The molecular weight excluding hydrogens is 653 g/mol. The van der Waals surface area contributed by atoms with E-state index in [0.717, 1.165) is 11.8 Å². The van der Waals surface area contributed by atoms with E-state index in [9.17, 15) is 22.4 Å². The smallest absolute Gasteiger partial charge is 0.431 e. The lowest BCUT2D eigenvalue weighted by Crippen LogP contribution is -2.54. The van der Waals surface area contributed by atoms with Gasteiger partial charge in [0.1, 0.15) is 37.2 Å². The molecule has 0 N–H and O–H groups in total. The van der Waals surface area contributed by atoms with Crippen LogP contribution >= 0.6 is 30.8 Å². The fourth-order valence-electron chi connectivity index (χ4n) is 5.93. The third-order valence-electron chi connectivity index (χ3n) is 7.78. The number of hydrogen-bond acceptors (Lipinski definition) is 6. The first-order valence-corrected chi connectivity index (χ1v) is 14.6. The summed E-state index contributed by atoms with van der Waals surface area (Å²) in [7, 11) is -0.139. The molecule has 1 fully saturated rings. The van der Waals surface area contributed by atoms with E-state index >= 15 is 4.39 Å². The molecule has 4 unspecified atom stereocenters. The zero-order valence-corrected chi connectivity index (χ0v) is 24.3. The van der Waals surface area contributed by atoms with E-state index in [4.69, 9.17) is 4.74 Å². The normalized spacial score (nSPS) is 30.8.